The summed E-state index contributed by atoms with van der Waals surface area (Å²) >= 11 is 1.34. The minimum absolute atomic E-state index is 0.189. The number of thioether (sulfide) groups is 1. The van der Waals surface area contributed by atoms with Gasteiger partial charge in [-0.3, -0.25) is 10.1 Å². The fourth-order valence-electron chi connectivity index (χ4n) is 2.28. The first-order valence-corrected chi connectivity index (χ1v) is 8.35. The van der Waals surface area contributed by atoms with Gasteiger partial charge in [0.1, 0.15) is 17.4 Å². The van der Waals surface area contributed by atoms with Crippen LogP contribution in [0.2, 0.25) is 0 Å². The fourth-order valence-corrected chi connectivity index (χ4v) is 2.96. The lowest BCUT2D eigenvalue weighted by Gasteiger charge is -2.04. The number of hydrogen-bond acceptors (Lipinski definition) is 5. The van der Waals surface area contributed by atoms with Crippen LogP contribution in [0.1, 0.15) is 16.9 Å². The third-order valence-corrected chi connectivity index (χ3v) is 4.60. The summed E-state index contributed by atoms with van der Waals surface area (Å²) in [5.41, 5.74) is 2.01. The van der Waals surface area contributed by atoms with Gasteiger partial charge in [0.25, 0.3) is 0 Å². The number of para-hydroxylation sites is 1. The molecule has 0 saturated carbocycles. The summed E-state index contributed by atoms with van der Waals surface area (Å²) in [6, 6.07) is 13.8. The van der Waals surface area contributed by atoms with Crippen LogP contribution >= 0.6 is 11.8 Å². The van der Waals surface area contributed by atoms with Crippen LogP contribution in [0, 0.1) is 25.2 Å². The van der Waals surface area contributed by atoms with E-state index in [2.05, 4.69) is 16.4 Å². The summed E-state index contributed by atoms with van der Waals surface area (Å²) in [7, 11) is 0. The summed E-state index contributed by atoms with van der Waals surface area (Å²) in [6.45, 7) is 3.56. The Morgan fingerprint density at radius 3 is 2.88 bits per heavy atom. The average molecular weight is 337 g/mol. The Labute approximate surface area is 143 Å². The molecule has 5 nitrogen and oxygen atoms in total. The van der Waals surface area contributed by atoms with Crippen molar-refractivity contribution in [1.82, 2.24) is 4.98 Å². The Morgan fingerprint density at radius 1 is 1.29 bits per heavy atom. The van der Waals surface area contributed by atoms with Crippen LogP contribution in [0.5, 0.6) is 0 Å². The van der Waals surface area contributed by atoms with Gasteiger partial charge in [-0.2, -0.15) is 5.26 Å². The molecule has 0 aliphatic rings. The van der Waals surface area contributed by atoms with E-state index in [1.54, 1.807) is 13.8 Å². The third kappa shape index (κ3) is 3.26. The maximum absolute atomic E-state index is 12.1. The number of furan rings is 1. The second-order valence-electron chi connectivity index (χ2n) is 5.28. The molecule has 0 fully saturated rings. The highest BCUT2D eigenvalue weighted by atomic mass is 32.2. The van der Waals surface area contributed by atoms with Crippen LogP contribution < -0.4 is 5.32 Å². The molecule has 120 valence electrons. The van der Waals surface area contributed by atoms with Crippen LogP contribution in [-0.4, -0.2) is 16.6 Å². The lowest BCUT2D eigenvalue weighted by molar-refractivity contribution is -0.113. The maximum Gasteiger partial charge on any atom is 0.237 e. The zero-order chi connectivity index (χ0) is 17.1. The highest BCUT2D eigenvalue weighted by molar-refractivity contribution is 7.99. The highest BCUT2D eigenvalue weighted by Crippen LogP contribution is 2.26. The molecule has 0 aliphatic carbocycles. The van der Waals surface area contributed by atoms with Gasteiger partial charge in [-0.25, -0.2) is 4.98 Å². The smallest absolute Gasteiger partial charge is 0.237 e. The molecule has 0 unspecified atom stereocenters. The third-order valence-electron chi connectivity index (χ3n) is 3.67. The second kappa shape index (κ2) is 6.77. The molecular weight excluding hydrogens is 322 g/mol. The molecule has 1 aromatic carbocycles. The number of benzene rings is 1. The van der Waals surface area contributed by atoms with Crippen molar-refractivity contribution < 1.29 is 9.21 Å². The Hall–Kier alpha value is -2.78. The minimum atomic E-state index is -0.236. The Balaban J connectivity index is 1.67. The largest absolute Gasteiger partial charge is 0.444 e. The first kappa shape index (κ1) is 16.1. The van der Waals surface area contributed by atoms with Crippen molar-refractivity contribution in [1.29, 1.82) is 5.26 Å². The van der Waals surface area contributed by atoms with Crippen molar-refractivity contribution >= 4 is 34.5 Å². The van der Waals surface area contributed by atoms with E-state index in [0.717, 1.165) is 21.5 Å². The van der Waals surface area contributed by atoms with Gasteiger partial charge in [-0.1, -0.05) is 36.0 Å². The van der Waals surface area contributed by atoms with E-state index in [4.69, 9.17) is 9.68 Å². The molecule has 3 aromatic rings. The highest BCUT2D eigenvalue weighted by Gasteiger charge is 2.16. The van der Waals surface area contributed by atoms with Crippen LogP contribution in [0.25, 0.3) is 10.9 Å². The number of rotatable bonds is 4. The van der Waals surface area contributed by atoms with E-state index in [1.807, 2.05) is 36.4 Å². The molecule has 0 atom stereocenters. The van der Waals surface area contributed by atoms with Crippen LogP contribution in [0.15, 0.2) is 45.8 Å². The monoisotopic (exact) mass is 337 g/mol. The van der Waals surface area contributed by atoms with Crippen molar-refractivity contribution in [2.24, 2.45) is 0 Å². The summed E-state index contributed by atoms with van der Waals surface area (Å²) in [6.07, 6.45) is 0. The molecule has 6 heteroatoms. The van der Waals surface area contributed by atoms with Crippen molar-refractivity contribution in [3.05, 3.63) is 53.3 Å². The van der Waals surface area contributed by atoms with Crippen LogP contribution in [0.4, 0.5) is 5.88 Å². The topological polar surface area (TPSA) is 78.9 Å². The second-order valence-corrected chi connectivity index (χ2v) is 6.27. The van der Waals surface area contributed by atoms with Gasteiger partial charge in [0, 0.05) is 10.9 Å². The van der Waals surface area contributed by atoms with Crippen molar-refractivity contribution in [3.63, 3.8) is 0 Å². The van der Waals surface area contributed by atoms with Gasteiger partial charge in [-0.15, -0.1) is 0 Å². The van der Waals surface area contributed by atoms with E-state index >= 15 is 0 Å². The van der Waals surface area contributed by atoms with Gasteiger partial charge < -0.3 is 4.42 Å². The molecule has 0 radical (unpaired) electrons. The molecule has 0 saturated heterocycles. The number of aryl methyl sites for hydroxylation is 1. The Kier molecular flexibility index (Phi) is 4.54. The molecule has 2 aromatic heterocycles. The number of carbonyl (C=O) groups is 1. The molecule has 1 N–H and O–H groups in total. The predicted molar refractivity (Wildman–Crippen MR) is 94.0 cm³/mol. The Bertz CT molecular complexity index is 957. The molecule has 0 aliphatic heterocycles. The molecule has 24 heavy (non-hydrogen) atoms. The van der Waals surface area contributed by atoms with Gasteiger partial charge in [-0.05, 0) is 26.0 Å². The molecule has 3 rings (SSSR count). The fraction of sp³-hybridized carbons (Fsp3) is 0.167. The first-order valence-electron chi connectivity index (χ1n) is 7.37. The normalized spacial score (nSPS) is 10.5. The summed E-state index contributed by atoms with van der Waals surface area (Å²) in [5.74, 6) is 0.796. The quantitative estimate of drug-likeness (QED) is 0.727. The van der Waals surface area contributed by atoms with Crippen LogP contribution in [0.3, 0.4) is 0 Å². The van der Waals surface area contributed by atoms with E-state index in [-0.39, 0.29) is 17.5 Å². The minimum Gasteiger partial charge on any atom is -0.444 e. The number of anilines is 1. The number of hydrogen-bond donors (Lipinski definition) is 1. The van der Waals surface area contributed by atoms with E-state index < -0.39 is 0 Å². The number of pyridine rings is 1. The number of carbonyl (C=O) groups excluding carboxylic acids is 1. The predicted octanol–water partition coefficient (Wildman–Crippen LogP) is 4.05. The van der Waals surface area contributed by atoms with Gasteiger partial charge in [0.05, 0.1) is 16.3 Å². The van der Waals surface area contributed by atoms with E-state index in [0.29, 0.717) is 11.3 Å². The average Bonchev–Trinajstić information content (AvgIpc) is 2.86. The summed E-state index contributed by atoms with van der Waals surface area (Å²) < 4.78 is 5.44. The number of nitrogens with zero attached hydrogens (tertiary/aromatic N) is 2. The van der Waals surface area contributed by atoms with E-state index in [9.17, 15) is 4.79 Å². The molecular formula is C18H15N3O2S. The summed E-state index contributed by atoms with van der Waals surface area (Å²) in [4.78, 5) is 16.6. The molecule has 1 amide bonds. The molecule has 0 spiro atoms. The van der Waals surface area contributed by atoms with Crippen molar-refractivity contribution in [3.8, 4) is 6.07 Å². The van der Waals surface area contributed by atoms with Gasteiger partial charge in [0.2, 0.25) is 11.8 Å². The van der Waals surface area contributed by atoms with Gasteiger partial charge >= 0.3 is 0 Å². The number of aromatic nitrogens is 1. The van der Waals surface area contributed by atoms with Crippen molar-refractivity contribution in [2.45, 2.75) is 18.9 Å². The van der Waals surface area contributed by atoms with Gasteiger partial charge in [0.15, 0.2) is 0 Å². The zero-order valence-electron chi connectivity index (χ0n) is 13.3. The first-order chi connectivity index (χ1) is 11.6. The number of amides is 1. The summed E-state index contributed by atoms with van der Waals surface area (Å²) in [5, 5.41) is 13.6. The number of nitriles is 1. The maximum atomic E-state index is 12.1. The molecule has 2 heterocycles. The molecule has 0 bridgehead atoms. The van der Waals surface area contributed by atoms with Crippen molar-refractivity contribution in [2.75, 3.05) is 11.1 Å². The standard InChI is InChI=1S/C18H15N3O2S/c1-11-12(2)23-18(14(11)9-19)21-16(22)10-24-17-8-7-13-5-3-4-6-15(13)20-17/h3-8H,10H2,1-2H3,(H,21,22). The van der Waals surface area contributed by atoms with E-state index in [1.165, 1.54) is 11.8 Å². The SMILES string of the molecule is Cc1oc(NC(=O)CSc2ccc3ccccc3n2)c(C#N)c1C. The Morgan fingerprint density at radius 2 is 2.08 bits per heavy atom. The lowest BCUT2D eigenvalue weighted by Crippen LogP contribution is -2.14. The number of nitrogens with one attached hydrogen (secondary N) is 1. The zero-order valence-corrected chi connectivity index (χ0v) is 14.1. The lowest BCUT2D eigenvalue weighted by atomic mass is 10.2. The van der Waals surface area contributed by atoms with Crippen LogP contribution in [-0.2, 0) is 4.79 Å². The number of fused-ring (bicyclic) bond motifs is 1.